The van der Waals surface area contributed by atoms with Crippen molar-refractivity contribution in [3.8, 4) is 0 Å². The van der Waals surface area contributed by atoms with E-state index < -0.39 is 0 Å². The quantitative estimate of drug-likeness (QED) is 0.769. The first-order valence-corrected chi connectivity index (χ1v) is 7.12. The zero-order valence-corrected chi connectivity index (χ0v) is 12.9. The number of benzene rings is 1. The molecule has 1 aromatic carbocycles. The summed E-state index contributed by atoms with van der Waals surface area (Å²) in [6.07, 6.45) is 1.79. The summed E-state index contributed by atoms with van der Waals surface area (Å²) in [7, 11) is 0. The summed E-state index contributed by atoms with van der Waals surface area (Å²) in [4.78, 5) is 4.31. The molecule has 2 aromatic heterocycles. The molecule has 108 valence electrons. The Morgan fingerprint density at radius 2 is 1.76 bits per heavy atom. The zero-order valence-electron chi connectivity index (χ0n) is 12.9. The van der Waals surface area contributed by atoms with Crippen LogP contribution in [0.4, 0.5) is 11.5 Å². The summed E-state index contributed by atoms with van der Waals surface area (Å²) in [6.45, 7) is 8.62. The molecular formula is C17H20N4. The molecule has 4 heteroatoms. The Morgan fingerprint density at radius 3 is 2.43 bits per heavy atom. The number of nitrogens with zero attached hydrogens (tertiary/aromatic N) is 3. The van der Waals surface area contributed by atoms with Crippen LogP contribution in [0.2, 0.25) is 0 Å². The average molecular weight is 280 g/mol. The van der Waals surface area contributed by atoms with E-state index in [0.717, 1.165) is 22.8 Å². The third-order valence-electron chi connectivity index (χ3n) is 3.50. The van der Waals surface area contributed by atoms with Gasteiger partial charge in [0.2, 0.25) is 0 Å². The maximum absolute atomic E-state index is 4.46. The van der Waals surface area contributed by atoms with Crippen LogP contribution in [0.1, 0.15) is 32.0 Å². The van der Waals surface area contributed by atoms with Crippen LogP contribution in [-0.2, 0) is 5.41 Å². The van der Waals surface area contributed by atoms with Gasteiger partial charge in [-0.3, -0.25) is 0 Å². The molecule has 0 aliphatic carbocycles. The Hall–Kier alpha value is -2.36. The molecule has 21 heavy (non-hydrogen) atoms. The Labute approximate surface area is 124 Å². The van der Waals surface area contributed by atoms with Gasteiger partial charge in [-0.1, -0.05) is 32.9 Å². The van der Waals surface area contributed by atoms with Crippen LogP contribution in [0.25, 0.3) is 5.65 Å². The predicted molar refractivity (Wildman–Crippen MR) is 86.1 cm³/mol. The number of anilines is 2. The lowest BCUT2D eigenvalue weighted by atomic mass is 9.87. The molecular weight excluding hydrogens is 260 g/mol. The van der Waals surface area contributed by atoms with Gasteiger partial charge in [0.25, 0.3) is 0 Å². The molecule has 3 rings (SSSR count). The van der Waals surface area contributed by atoms with Gasteiger partial charge in [0.05, 0.1) is 5.69 Å². The molecule has 3 aromatic rings. The molecule has 0 saturated carbocycles. The first-order valence-electron chi connectivity index (χ1n) is 7.12. The highest BCUT2D eigenvalue weighted by molar-refractivity contribution is 5.59. The summed E-state index contributed by atoms with van der Waals surface area (Å²) in [5.41, 5.74) is 4.34. The lowest BCUT2D eigenvalue weighted by Gasteiger charge is -2.19. The van der Waals surface area contributed by atoms with Crippen molar-refractivity contribution < 1.29 is 0 Å². The largest absolute Gasteiger partial charge is 0.340 e. The van der Waals surface area contributed by atoms with Gasteiger partial charge in [0.1, 0.15) is 5.82 Å². The van der Waals surface area contributed by atoms with Crippen LogP contribution in [0.3, 0.4) is 0 Å². The summed E-state index contributed by atoms with van der Waals surface area (Å²) in [5.74, 6) is 0.914. The Kier molecular flexibility index (Phi) is 3.16. The minimum atomic E-state index is 0.168. The number of hydrogen-bond acceptors (Lipinski definition) is 3. The van der Waals surface area contributed by atoms with Gasteiger partial charge in [-0.05, 0) is 36.1 Å². The highest BCUT2D eigenvalue weighted by Gasteiger charge is 2.13. The second-order valence-corrected chi connectivity index (χ2v) is 6.34. The van der Waals surface area contributed by atoms with Crippen molar-refractivity contribution in [1.29, 1.82) is 0 Å². The molecule has 1 N–H and O–H groups in total. The maximum Gasteiger partial charge on any atom is 0.157 e. The molecule has 0 radical (unpaired) electrons. The van der Waals surface area contributed by atoms with E-state index in [9.17, 15) is 0 Å². The summed E-state index contributed by atoms with van der Waals surface area (Å²) in [6, 6.07) is 12.4. The smallest absolute Gasteiger partial charge is 0.157 e. The lowest BCUT2D eigenvalue weighted by molar-refractivity contribution is 0.590. The van der Waals surface area contributed by atoms with Crippen molar-refractivity contribution in [3.05, 3.63) is 53.9 Å². The van der Waals surface area contributed by atoms with Crippen LogP contribution >= 0.6 is 0 Å². The van der Waals surface area contributed by atoms with Crippen molar-refractivity contribution in [2.75, 3.05) is 5.32 Å². The van der Waals surface area contributed by atoms with Gasteiger partial charge in [0, 0.05) is 18.0 Å². The first-order chi connectivity index (χ1) is 9.93. The standard InChI is InChI=1S/C17H20N4/c1-12-11-16-18-10-9-15(21(16)20-12)19-14-7-5-13(6-8-14)17(2,3)4/h5-11,19H,1-4H3. The van der Waals surface area contributed by atoms with E-state index in [1.165, 1.54) is 5.56 Å². The van der Waals surface area contributed by atoms with Crippen molar-refractivity contribution in [1.82, 2.24) is 14.6 Å². The Balaban J connectivity index is 1.92. The summed E-state index contributed by atoms with van der Waals surface area (Å²) < 4.78 is 1.83. The minimum Gasteiger partial charge on any atom is -0.340 e. The van der Waals surface area contributed by atoms with E-state index >= 15 is 0 Å². The van der Waals surface area contributed by atoms with Crippen LogP contribution < -0.4 is 5.32 Å². The topological polar surface area (TPSA) is 42.2 Å². The first kappa shape index (κ1) is 13.6. The van der Waals surface area contributed by atoms with Gasteiger partial charge in [-0.2, -0.15) is 9.61 Å². The SMILES string of the molecule is Cc1cc2nccc(Nc3ccc(C(C)(C)C)cc3)n2n1. The normalized spacial score (nSPS) is 11.8. The minimum absolute atomic E-state index is 0.168. The number of aromatic nitrogens is 3. The van der Waals surface area contributed by atoms with Crippen molar-refractivity contribution in [2.24, 2.45) is 0 Å². The van der Waals surface area contributed by atoms with E-state index in [2.05, 4.69) is 60.4 Å². The van der Waals surface area contributed by atoms with Crippen LogP contribution in [0.15, 0.2) is 42.6 Å². The van der Waals surface area contributed by atoms with Crippen LogP contribution in [0.5, 0.6) is 0 Å². The molecule has 4 nitrogen and oxygen atoms in total. The van der Waals surface area contributed by atoms with E-state index in [1.54, 1.807) is 6.20 Å². The molecule has 0 spiro atoms. The van der Waals surface area contributed by atoms with E-state index in [4.69, 9.17) is 0 Å². The van der Waals surface area contributed by atoms with E-state index in [-0.39, 0.29) is 5.41 Å². The number of aryl methyl sites for hydroxylation is 1. The molecule has 0 saturated heterocycles. The molecule has 0 amide bonds. The third-order valence-corrected chi connectivity index (χ3v) is 3.50. The van der Waals surface area contributed by atoms with Gasteiger partial charge in [-0.25, -0.2) is 4.98 Å². The molecule has 0 aliphatic heterocycles. The Morgan fingerprint density at radius 1 is 1.05 bits per heavy atom. The van der Waals surface area contributed by atoms with Crippen LogP contribution in [-0.4, -0.2) is 14.6 Å². The number of nitrogens with one attached hydrogen (secondary N) is 1. The molecule has 0 bridgehead atoms. The maximum atomic E-state index is 4.46. The fourth-order valence-corrected chi connectivity index (χ4v) is 2.31. The lowest BCUT2D eigenvalue weighted by Crippen LogP contribution is -2.10. The van der Waals surface area contributed by atoms with E-state index in [0.29, 0.717) is 0 Å². The predicted octanol–water partition coefficient (Wildman–Crippen LogP) is 4.08. The van der Waals surface area contributed by atoms with E-state index in [1.807, 2.05) is 23.6 Å². The number of rotatable bonds is 2. The molecule has 0 atom stereocenters. The van der Waals surface area contributed by atoms with Gasteiger partial charge in [0.15, 0.2) is 5.65 Å². The van der Waals surface area contributed by atoms with Crippen molar-refractivity contribution in [3.63, 3.8) is 0 Å². The van der Waals surface area contributed by atoms with Crippen molar-refractivity contribution in [2.45, 2.75) is 33.1 Å². The molecule has 0 unspecified atom stereocenters. The highest BCUT2D eigenvalue weighted by Crippen LogP contribution is 2.25. The zero-order chi connectivity index (χ0) is 15.0. The second-order valence-electron chi connectivity index (χ2n) is 6.34. The average Bonchev–Trinajstić information content (AvgIpc) is 2.80. The second kappa shape index (κ2) is 4.88. The fourth-order valence-electron chi connectivity index (χ4n) is 2.31. The fraction of sp³-hybridized carbons (Fsp3) is 0.294. The molecule has 0 fully saturated rings. The van der Waals surface area contributed by atoms with Crippen LogP contribution in [0, 0.1) is 6.92 Å². The Bertz CT molecular complexity index is 764. The monoisotopic (exact) mass is 280 g/mol. The molecule has 2 heterocycles. The summed E-state index contributed by atoms with van der Waals surface area (Å²) >= 11 is 0. The highest BCUT2D eigenvalue weighted by atomic mass is 15.3. The van der Waals surface area contributed by atoms with Gasteiger partial charge in [-0.15, -0.1) is 0 Å². The molecule has 0 aliphatic rings. The van der Waals surface area contributed by atoms with Crippen molar-refractivity contribution >= 4 is 17.2 Å². The van der Waals surface area contributed by atoms with Gasteiger partial charge >= 0.3 is 0 Å². The third kappa shape index (κ3) is 2.75. The summed E-state index contributed by atoms with van der Waals surface area (Å²) in [5, 5.41) is 7.86. The number of fused-ring (bicyclic) bond motifs is 1. The van der Waals surface area contributed by atoms with Gasteiger partial charge < -0.3 is 5.32 Å². The number of hydrogen-bond donors (Lipinski definition) is 1.